The molecule has 0 aliphatic heterocycles. The Bertz CT molecular complexity index is 897. The van der Waals surface area contributed by atoms with Crippen molar-refractivity contribution in [2.45, 2.75) is 25.3 Å². The van der Waals surface area contributed by atoms with Crippen LogP contribution in [0.3, 0.4) is 0 Å². The zero-order valence-corrected chi connectivity index (χ0v) is 16.7. The minimum absolute atomic E-state index is 0.0559. The summed E-state index contributed by atoms with van der Waals surface area (Å²) in [6.07, 6.45) is 0.255. The fraction of sp³-hybridized carbons (Fsp3) is 0.174. The molecule has 138 valence electrons. The molecule has 0 bridgehead atoms. The van der Waals surface area contributed by atoms with Crippen LogP contribution in [0, 0.1) is 0 Å². The van der Waals surface area contributed by atoms with Crippen LogP contribution >= 0.6 is 15.9 Å². The van der Waals surface area contributed by atoms with Crippen LogP contribution in [0.5, 0.6) is 5.75 Å². The van der Waals surface area contributed by atoms with Crippen molar-refractivity contribution in [2.75, 3.05) is 0 Å². The van der Waals surface area contributed by atoms with Crippen LogP contribution in [0.1, 0.15) is 42.0 Å². The highest BCUT2D eigenvalue weighted by Gasteiger charge is 2.22. The van der Waals surface area contributed by atoms with Crippen LogP contribution < -0.4 is 5.32 Å². The van der Waals surface area contributed by atoms with E-state index in [0.29, 0.717) is 0 Å². The first kappa shape index (κ1) is 19.2. The molecule has 0 heterocycles. The van der Waals surface area contributed by atoms with E-state index in [-0.39, 0.29) is 30.0 Å². The second kappa shape index (κ2) is 8.87. The van der Waals surface area contributed by atoms with E-state index < -0.39 is 0 Å². The molecule has 3 nitrogen and oxygen atoms in total. The van der Waals surface area contributed by atoms with Gasteiger partial charge in [-0.15, -0.1) is 0 Å². The van der Waals surface area contributed by atoms with E-state index in [1.54, 1.807) is 12.1 Å². The molecule has 27 heavy (non-hydrogen) atoms. The molecule has 4 heteroatoms. The molecule has 3 rings (SSSR count). The maximum Gasteiger partial charge on any atom is 0.221 e. The number of benzene rings is 3. The number of carbonyl (C=O) groups is 1. The maximum absolute atomic E-state index is 12.8. The molecule has 2 N–H and O–H groups in total. The maximum atomic E-state index is 12.8. The molecule has 0 radical (unpaired) electrons. The van der Waals surface area contributed by atoms with Gasteiger partial charge in [0.2, 0.25) is 5.91 Å². The zero-order valence-electron chi connectivity index (χ0n) is 15.1. The second-order valence-electron chi connectivity index (χ2n) is 6.57. The highest BCUT2D eigenvalue weighted by atomic mass is 79.9. The number of phenols is 1. The third kappa shape index (κ3) is 4.98. The van der Waals surface area contributed by atoms with Crippen LogP contribution in [0.2, 0.25) is 0 Å². The van der Waals surface area contributed by atoms with Gasteiger partial charge in [0.05, 0.1) is 6.04 Å². The second-order valence-corrected chi connectivity index (χ2v) is 7.49. The first-order chi connectivity index (χ1) is 13.0. The highest BCUT2D eigenvalue weighted by molar-refractivity contribution is 9.10. The Hall–Kier alpha value is -2.59. The molecular weight excluding hydrogens is 402 g/mol. The van der Waals surface area contributed by atoms with E-state index in [1.165, 1.54) is 0 Å². The topological polar surface area (TPSA) is 49.3 Å². The van der Waals surface area contributed by atoms with Crippen molar-refractivity contribution < 1.29 is 9.90 Å². The van der Waals surface area contributed by atoms with Crippen LogP contribution in [0.15, 0.2) is 83.3 Å². The lowest BCUT2D eigenvalue weighted by Gasteiger charge is -2.21. The molecular formula is C23H22BrNO2. The van der Waals surface area contributed by atoms with Crippen molar-refractivity contribution in [2.24, 2.45) is 0 Å². The largest absolute Gasteiger partial charge is 0.508 e. The van der Waals surface area contributed by atoms with Gasteiger partial charge < -0.3 is 10.4 Å². The molecule has 2 atom stereocenters. The summed E-state index contributed by atoms with van der Waals surface area (Å²) >= 11 is 3.46. The number of nitrogens with one attached hydrogen (secondary N) is 1. The summed E-state index contributed by atoms with van der Waals surface area (Å²) < 4.78 is 0.870. The molecule has 3 aromatic carbocycles. The van der Waals surface area contributed by atoms with Crippen LogP contribution in [-0.4, -0.2) is 11.0 Å². The lowest BCUT2D eigenvalue weighted by atomic mass is 9.87. The monoisotopic (exact) mass is 423 g/mol. The third-order valence-corrected chi connectivity index (χ3v) is 5.13. The molecule has 1 amide bonds. The number of amides is 1. The summed E-state index contributed by atoms with van der Waals surface area (Å²) in [5, 5.41) is 13.5. The Balaban J connectivity index is 1.83. The lowest BCUT2D eigenvalue weighted by Crippen LogP contribution is -2.28. The van der Waals surface area contributed by atoms with Gasteiger partial charge in [-0.25, -0.2) is 0 Å². The molecule has 0 aromatic heterocycles. The molecule has 0 saturated carbocycles. The van der Waals surface area contributed by atoms with Crippen molar-refractivity contribution in [1.82, 2.24) is 5.32 Å². The molecule has 3 aromatic rings. The first-order valence-corrected chi connectivity index (χ1v) is 9.71. The summed E-state index contributed by atoms with van der Waals surface area (Å²) in [5.41, 5.74) is 2.79. The van der Waals surface area contributed by atoms with Gasteiger partial charge in [-0.2, -0.15) is 0 Å². The zero-order chi connectivity index (χ0) is 19.2. The minimum atomic E-state index is -0.230. The predicted octanol–water partition coefficient (Wildman–Crippen LogP) is 5.55. The van der Waals surface area contributed by atoms with Crippen molar-refractivity contribution >= 4 is 21.8 Å². The fourth-order valence-corrected chi connectivity index (χ4v) is 3.59. The van der Waals surface area contributed by atoms with E-state index in [0.717, 1.165) is 21.2 Å². The van der Waals surface area contributed by atoms with Gasteiger partial charge in [-0.1, -0.05) is 76.6 Å². The third-order valence-electron chi connectivity index (χ3n) is 4.63. The minimum Gasteiger partial charge on any atom is -0.508 e. The summed E-state index contributed by atoms with van der Waals surface area (Å²) in [4.78, 5) is 12.8. The molecule has 0 aliphatic rings. The average molecular weight is 424 g/mol. The van der Waals surface area contributed by atoms with Gasteiger partial charge in [0.25, 0.3) is 0 Å². The number of aromatic hydroxyl groups is 1. The number of rotatable bonds is 6. The van der Waals surface area contributed by atoms with Gasteiger partial charge in [0.15, 0.2) is 0 Å². The molecule has 0 fully saturated rings. The summed E-state index contributed by atoms with van der Waals surface area (Å²) in [5.74, 6) is -0.0952. The Morgan fingerprint density at radius 3 is 2.19 bits per heavy atom. The van der Waals surface area contributed by atoms with Gasteiger partial charge in [-0.05, 0) is 36.2 Å². The smallest absolute Gasteiger partial charge is 0.221 e. The van der Waals surface area contributed by atoms with Gasteiger partial charge in [-0.3, -0.25) is 4.79 Å². The number of hydrogen-bond donors (Lipinski definition) is 2. The van der Waals surface area contributed by atoms with Crippen molar-refractivity contribution in [3.63, 3.8) is 0 Å². The average Bonchev–Trinajstić information content (AvgIpc) is 2.69. The normalized spacial score (nSPS) is 13.0. The molecule has 0 saturated heterocycles. The molecule has 0 aliphatic carbocycles. The van der Waals surface area contributed by atoms with Crippen molar-refractivity contribution in [3.8, 4) is 5.75 Å². The van der Waals surface area contributed by atoms with E-state index >= 15 is 0 Å². The predicted molar refractivity (Wildman–Crippen MR) is 112 cm³/mol. The summed E-state index contributed by atoms with van der Waals surface area (Å²) in [7, 11) is 0. The van der Waals surface area contributed by atoms with Crippen LogP contribution in [0.4, 0.5) is 0 Å². The number of hydrogen-bond acceptors (Lipinski definition) is 2. The molecule has 0 spiro atoms. The van der Waals surface area contributed by atoms with Crippen molar-refractivity contribution in [3.05, 3.63) is 100 Å². The van der Waals surface area contributed by atoms with Gasteiger partial charge in [0.1, 0.15) is 5.75 Å². The fourth-order valence-electron chi connectivity index (χ4n) is 3.21. The SMILES string of the molecule is C[C@@H](NC(=O)C[C@@H](c1ccccc1)c1cc(Br)ccc1O)c1ccccc1. The quantitative estimate of drug-likeness (QED) is 0.545. The number of phenolic OH excluding ortho intramolecular Hbond substituents is 1. The Morgan fingerprint density at radius 1 is 0.963 bits per heavy atom. The van der Waals surface area contributed by atoms with E-state index in [1.807, 2.05) is 73.7 Å². The highest BCUT2D eigenvalue weighted by Crippen LogP contribution is 2.35. The Labute approximate surface area is 168 Å². The summed E-state index contributed by atoms with van der Waals surface area (Å²) in [6.45, 7) is 1.97. The lowest BCUT2D eigenvalue weighted by molar-refractivity contribution is -0.121. The van der Waals surface area contributed by atoms with Gasteiger partial charge >= 0.3 is 0 Å². The van der Waals surface area contributed by atoms with Crippen LogP contribution in [-0.2, 0) is 4.79 Å². The van der Waals surface area contributed by atoms with E-state index in [9.17, 15) is 9.90 Å². The number of carbonyl (C=O) groups excluding carboxylic acids is 1. The van der Waals surface area contributed by atoms with E-state index in [4.69, 9.17) is 0 Å². The standard InChI is InChI=1S/C23H22BrNO2/c1-16(17-8-4-2-5-9-17)25-23(27)15-20(18-10-6-3-7-11-18)21-14-19(24)12-13-22(21)26/h2-14,16,20,26H,15H2,1H3,(H,25,27)/t16-,20+/m1/s1. The molecule has 0 unspecified atom stereocenters. The van der Waals surface area contributed by atoms with Gasteiger partial charge in [0, 0.05) is 22.4 Å². The van der Waals surface area contributed by atoms with E-state index in [2.05, 4.69) is 21.2 Å². The Morgan fingerprint density at radius 2 is 1.56 bits per heavy atom. The van der Waals surface area contributed by atoms with Crippen LogP contribution in [0.25, 0.3) is 0 Å². The first-order valence-electron chi connectivity index (χ1n) is 8.92. The van der Waals surface area contributed by atoms with Crippen molar-refractivity contribution in [1.29, 1.82) is 0 Å². The number of halogens is 1. The summed E-state index contributed by atoms with van der Waals surface area (Å²) in [6, 6.07) is 24.9. The Kier molecular flexibility index (Phi) is 6.30.